The van der Waals surface area contributed by atoms with E-state index < -0.39 is 6.10 Å². The highest BCUT2D eigenvalue weighted by atomic mass is 16.7. The van der Waals surface area contributed by atoms with Crippen molar-refractivity contribution in [3.05, 3.63) is 23.8 Å². The molecule has 1 N–H and O–H groups in total. The van der Waals surface area contributed by atoms with Crippen LogP contribution in [0, 0.1) is 11.8 Å². The van der Waals surface area contributed by atoms with E-state index in [0.29, 0.717) is 18.3 Å². The molecule has 0 aromatic heterocycles. The highest BCUT2D eigenvalue weighted by Gasteiger charge is 2.26. The van der Waals surface area contributed by atoms with Gasteiger partial charge in [0.05, 0.1) is 12.7 Å². The molecule has 1 saturated carbocycles. The molecule has 0 amide bonds. The van der Waals surface area contributed by atoms with Crippen LogP contribution in [0.15, 0.2) is 18.2 Å². The molecule has 1 aliphatic heterocycles. The minimum absolute atomic E-state index is 0.254. The fourth-order valence-electron chi connectivity index (χ4n) is 3.09. The van der Waals surface area contributed by atoms with Gasteiger partial charge in [-0.2, -0.15) is 0 Å². The summed E-state index contributed by atoms with van der Waals surface area (Å²) in [6.07, 6.45) is 3.06. The number of hydrogen-bond donors (Lipinski definition) is 1. The van der Waals surface area contributed by atoms with Crippen molar-refractivity contribution in [2.75, 3.05) is 13.4 Å². The summed E-state index contributed by atoms with van der Waals surface area (Å²) < 4.78 is 16.5. The molecule has 1 aliphatic carbocycles. The molecule has 0 saturated heterocycles. The summed E-state index contributed by atoms with van der Waals surface area (Å²) in [6.45, 7) is 5.19. The molecule has 3 rings (SSSR count). The Labute approximate surface area is 126 Å². The van der Waals surface area contributed by atoms with Gasteiger partial charge in [-0.3, -0.25) is 0 Å². The molecule has 116 valence electrons. The highest BCUT2D eigenvalue weighted by molar-refractivity contribution is 5.45. The molecule has 0 radical (unpaired) electrons. The van der Waals surface area contributed by atoms with Crippen LogP contribution < -0.4 is 9.47 Å². The quantitative estimate of drug-likeness (QED) is 0.925. The second-order valence-corrected chi connectivity index (χ2v) is 6.35. The third-order valence-electron chi connectivity index (χ3n) is 4.82. The van der Waals surface area contributed by atoms with Crippen LogP contribution in [0.25, 0.3) is 0 Å². The Morgan fingerprint density at radius 3 is 2.81 bits per heavy atom. The number of hydrogen-bond acceptors (Lipinski definition) is 4. The van der Waals surface area contributed by atoms with Gasteiger partial charge < -0.3 is 19.3 Å². The first-order chi connectivity index (χ1) is 10.1. The van der Waals surface area contributed by atoms with E-state index in [9.17, 15) is 5.11 Å². The maximum absolute atomic E-state index is 10.3. The molecule has 21 heavy (non-hydrogen) atoms. The van der Waals surface area contributed by atoms with Crippen LogP contribution >= 0.6 is 0 Å². The van der Waals surface area contributed by atoms with Crippen molar-refractivity contribution >= 4 is 0 Å². The van der Waals surface area contributed by atoms with E-state index >= 15 is 0 Å². The predicted octanol–water partition coefficient (Wildman–Crippen LogP) is 3.29. The number of aliphatic hydroxyl groups excluding tert-OH is 1. The van der Waals surface area contributed by atoms with Crippen LogP contribution in [0.4, 0.5) is 0 Å². The van der Waals surface area contributed by atoms with E-state index in [1.807, 2.05) is 18.2 Å². The van der Waals surface area contributed by atoms with Crippen LogP contribution in [0.3, 0.4) is 0 Å². The van der Waals surface area contributed by atoms with Crippen molar-refractivity contribution in [3.8, 4) is 11.5 Å². The number of ether oxygens (including phenoxy) is 3. The van der Waals surface area contributed by atoms with E-state index in [4.69, 9.17) is 14.2 Å². The third kappa shape index (κ3) is 3.33. The van der Waals surface area contributed by atoms with Gasteiger partial charge in [0, 0.05) is 0 Å². The molecule has 0 bridgehead atoms. The molecule has 2 aliphatic rings. The minimum Gasteiger partial charge on any atom is -0.454 e. The first-order valence-corrected chi connectivity index (χ1v) is 7.82. The smallest absolute Gasteiger partial charge is 0.231 e. The second-order valence-electron chi connectivity index (χ2n) is 6.35. The molecule has 1 heterocycles. The van der Waals surface area contributed by atoms with Crippen LogP contribution in [0.1, 0.15) is 44.8 Å². The second kappa shape index (κ2) is 6.24. The standard InChI is InChI=1S/C17H24O4/c1-11-3-5-14(7-12(11)2)19-9-15(18)13-4-6-16-17(8-13)21-10-20-16/h4,6,8,11-12,14-15,18H,3,5,7,9-10H2,1-2H3. The Bertz CT molecular complexity index is 488. The Hall–Kier alpha value is -1.26. The van der Waals surface area contributed by atoms with Crippen LogP contribution in [-0.4, -0.2) is 24.6 Å². The van der Waals surface area contributed by atoms with Crippen molar-refractivity contribution < 1.29 is 19.3 Å². The van der Waals surface area contributed by atoms with E-state index in [0.717, 1.165) is 30.1 Å². The van der Waals surface area contributed by atoms with Crippen LogP contribution in [0.2, 0.25) is 0 Å². The van der Waals surface area contributed by atoms with E-state index in [-0.39, 0.29) is 12.9 Å². The summed E-state index contributed by atoms with van der Waals surface area (Å²) >= 11 is 0. The first kappa shape index (κ1) is 14.7. The normalized spacial score (nSPS) is 29.4. The average Bonchev–Trinajstić information content (AvgIpc) is 2.95. The number of rotatable bonds is 4. The van der Waals surface area contributed by atoms with Gasteiger partial charge in [-0.15, -0.1) is 0 Å². The number of fused-ring (bicyclic) bond motifs is 1. The monoisotopic (exact) mass is 292 g/mol. The summed E-state index contributed by atoms with van der Waals surface area (Å²) in [7, 11) is 0. The van der Waals surface area contributed by atoms with E-state index in [2.05, 4.69) is 13.8 Å². The maximum Gasteiger partial charge on any atom is 0.231 e. The number of benzene rings is 1. The molecule has 4 nitrogen and oxygen atoms in total. The molecule has 1 fully saturated rings. The number of aliphatic hydroxyl groups is 1. The summed E-state index contributed by atoms with van der Waals surface area (Å²) in [5, 5.41) is 10.3. The fourth-order valence-corrected chi connectivity index (χ4v) is 3.09. The van der Waals surface area contributed by atoms with Gasteiger partial charge in [-0.05, 0) is 48.8 Å². The Morgan fingerprint density at radius 1 is 1.19 bits per heavy atom. The molecule has 0 spiro atoms. The largest absolute Gasteiger partial charge is 0.454 e. The van der Waals surface area contributed by atoms with Gasteiger partial charge in [0.2, 0.25) is 6.79 Å². The van der Waals surface area contributed by atoms with Gasteiger partial charge in [0.1, 0.15) is 6.10 Å². The van der Waals surface area contributed by atoms with Gasteiger partial charge in [0.15, 0.2) is 11.5 Å². The van der Waals surface area contributed by atoms with E-state index in [1.54, 1.807) is 0 Å². The average molecular weight is 292 g/mol. The molecule has 4 heteroatoms. The van der Waals surface area contributed by atoms with E-state index in [1.165, 1.54) is 6.42 Å². The lowest BCUT2D eigenvalue weighted by Crippen LogP contribution is -2.28. The van der Waals surface area contributed by atoms with Crippen molar-refractivity contribution in [3.63, 3.8) is 0 Å². The molecule has 4 unspecified atom stereocenters. The van der Waals surface area contributed by atoms with Crippen molar-refractivity contribution in [2.45, 2.75) is 45.3 Å². The molecule has 1 aromatic carbocycles. The van der Waals surface area contributed by atoms with Crippen molar-refractivity contribution in [2.24, 2.45) is 11.8 Å². The molecular formula is C17H24O4. The lowest BCUT2D eigenvalue weighted by molar-refractivity contribution is -0.0397. The SMILES string of the molecule is CC1CCC(OCC(O)c2ccc3c(c2)OCO3)CC1C. The maximum atomic E-state index is 10.3. The first-order valence-electron chi connectivity index (χ1n) is 7.82. The van der Waals surface area contributed by atoms with Gasteiger partial charge >= 0.3 is 0 Å². The van der Waals surface area contributed by atoms with Gasteiger partial charge in [0.25, 0.3) is 0 Å². The Morgan fingerprint density at radius 2 is 2.00 bits per heavy atom. The van der Waals surface area contributed by atoms with Crippen molar-refractivity contribution in [1.82, 2.24) is 0 Å². The topological polar surface area (TPSA) is 47.9 Å². The molecular weight excluding hydrogens is 268 g/mol. The van der Waals surface area contributed by atoms with Crippen LogP contribution in [-0.2, 0) is 4.74 Å². The zero-order valence-electron chi connectivity index (χ0n) is 12.7. The zero-order chi connectivity index (χ0) is 14.8. The molecule has 4 atom stereocenters. The molecule has 1 aromatic rings. The summed E-state index contributed by atoms with van der Waals surface area (Å²) in [6, 6.07) is 5.54. The van der Waals surface area contributed by atoms with Crippen LogP contribution in [0.5, 0.6) is 11.5 Å². The lowest BCUT2D eigenvalue weighted by atomic mass is 9.80. The van der Waals surface area contributed by atoms with Gasteiger partial charge in [-0.25, -0.2) is 0 Å². The summed E-state index contributed by atoms with van der Waals surface area (Å²) in [5.41, 5.74) is 0.816. The fraction of sp³-hybridized carbons (Fsp3) is 0.647. The van der Waals surface area contributed by atoms with Gasteiger partial charge in [-0.1, -0.05) is 19.9 Å². The summed E-state index contributed by atoms with van der Waals surface area (Å²) in [5.74, 6) is 2.92. The minimum atomic E-state index is -0.617. The third-order valence-corrected chi connectivity index (χ3v) is 4.82. The Kier molecular flexibility index (Phi) is 4.36. The summed E-state index contributed by atoms with van der Waals surface area (Å²) in [4.78, 5) is 0. The lowest BCUT2D eigenvalue weighted by Gasteiger charge is -2.32. The van der Waals surface area contributed by atoms with Crippen molar-refractivity contribution in [1.29, 1.82) is 0 Å². The predicted molar refractivity (Wildman–Crippen MR) is 79.4 cm³/mol. The Balaban J connectivity index is 1.53. The highest BCUT2D eigenvalue weighted by Crippen LogP contribution is 2.35. The zero-order valence-corrected chi connectivity index (χ0v) is 12.7.